The molecule has 2 atom stereocenters. The van der Waals surface area contributed by atoms with E-state index in [1.165, 1.54) is 18.4 Å². The second kappa shape index (κ2) is 7.63. The molecular formula is C23H27NO2. The Kier molecular flexibility index (Phi) is 5.07. The molecule has 0 aliphatic carbocycles. The maximum absolute atomic E-state index is 13.2. The summed E-state index contributed by atoms with van der Waals surface area (Å²) in [5.74, 6) is 1.13. The first-order chi connectivity index (χ1) is 12.8. The maximum Gasteiger partial charge on any atom is 0.169 e. The van der Waals surface area contributed by atoms with Crippen LogP contribution in [0, 0.1) is 5.92 Å². The molecule has 2 unspecified atom stereocenters. The highest BCUT2D eigenvalue weighted by Crippen LogP contribution is 2.41. The van der Waals surface area contributed by atoms with Crippen LogP contribution in [0.15, 0.2) is 54.6 Å². The van der Waals surface area contributed by atoms with Gasteiger partial charge in [-0.05, 0) is 50.3 Å². The van der Waals surface area contributed by atoms with Crippen LogP contribution in [-0.2, 0) is 6.54 Å². The lowest BCUT2D eigenvalue weighted by Gasteiger charge is -2.38. The molecule has 26 heavy (non-hydrogen) atoms. The van der Waals surface area contributed by atoms with Gasteiger partial charge in [0.1, 0.15) is 5.75 Å². The van der Waals surface area contributed by atoms with Crippen molar-refractivity contribution in [3.63, 3.8) is 0 Å². The summed E-state index contributed by atoms with van der Waals surface area (Å²) in [5.41, 5.74) is 2.13. The summed E-state index contributed by atoms with van der Waals surface area (Å²) < 4.78 is 5.69. The van der Waals surface area contributed by atoms with Gasteiger partial charge in [0, 0.05) is 24.5 Å². The number of Topliss-reactive ketones (excluding diaryl/α,β-unsaturated/α-hetero) is 1. The van der Waals surface area contributed by atoms with Crippen LogP contribution in [0.25, 0.3) is 0 Å². The van der Waals surface area contributed by atoms with Crippen molar-refractivity contribution in [2.24, 2.45) is 5.92 Å². The molecule has 4 rings (SSSR count). The van der Waals surface area contributed by atoms with Gasteiger partial charge in [-0.15, -0.1) is 0 Å². The van der Waals surface area contributed by atoms with Crippen LogP contribution in [0.3, 0.4) is 0 Å². The smallest absolute Gasteiger partial charge is 0.169 e. The third-order valence-corrected chi connectivity index (χ3v) is 5.92. The summed E-state index contributed by atoms with van der Waals surface area (Å²) in [6.07, 6.45) is 4.38. The van der Waals surface area contributed by atoms with Crippen molar-refractivity contribution in [2.75, 3.05) is 6.61 Å². The molecule has 2 aromatic rings. The molecule has 2 bridgehead atoms. The number of fused-ring (bicyclic) bond motifs is 2. The molecule has 0 N–H and O–H groups in total. The highest BCUT2D eigenvalue weighted by atomic mass is 16.5. The van der Waals surface area contributed by atoms with Gasteiger partial charge in [-0.3, -0.25) is 9.69 Å². The fraction of sp³-hybridized carbons (Fsp3) is 0.435. The first-order valence-electron chi connectivity index (χ1n) is 9.82. The van der Waals surface area contributed by atoms with Crippen molar-refractivity contribution in [3.8, 4) is 5.75 Å². The first kappa shape index (κ1) is 17.3. The molecular weight excluding hydrogens is 322 g/mol. The Labute approximate surface area is 156 Å². The number of hydrogen-bond acceptors (Lipinski definition) is 3. The lowest BCUT2D eigenvalue weighted by atomic mass is 9.84. The minimum atomic E-state index is 0.126. The Bertz CT molecular complexity index is 744. The van der Waals surface area contributed by atoms with Gasteiger partial charge >= 0.3 is 0 Å². The van der Waals surface area contributed by atoms with Gasteiger partial charge in [0.15, 0.2) is 5.78 Å². The van der Waals surface area contributed by atoms with Crippen molar-refractivity contribution in [1.82, 2.24) is 4.90 Å². The second-order valence-corrected chi connectivity index (χ2v) is 7.50. The van der Waals surface area contributed by atoms with Gasteiger partial charge in [0.2, 0.25) is 0 Å². The number of para-hydroxylation sites is 1. The summed E-state index contributed by atoms with van der Waals surface area (Å²) in [6, 6.07) is 19.5. The molecule has 2 heterocycles. The van der Waals surface area contributed by atoms with E-state index in [0.717, 1.165) is 30.7 Å². The third kappa shape index (κ3) is 3.41. The van der Waals surface area contributed by atoms with Crippen molar-refractivity contribution < 1.29 is 9.53 Å². The first-order valence-corrected chi connectivity index (χ1v) is 9.82. The van der Waals surface area contributed by atoms with E-state index in [9.17, 15) is 4.79 Å². The zero-order valence-electron chi connectivity index (χ0n) is 15.4. The van der Waals surface area contributed by atoms with Gasteiger partial charge in [-0.2, -0.15) is 0 Å². The molecule has 2 aliphatic heterocycles. The van der Waals surface area contributed by atoms with Gasteiger partial charge < -0.3 is 4.74 Å². The number of ether oxygens (including phenoxy) is 1. The van der Waals surface area contributed by atoms with E-state index in [-0.39, 0.29) is 11.7 Å². The summed E-state index contributed by atoms with van der Waals surface area (Å²) >= 11 is 0. The van der Waals surface area contributed by atoms with Crippen molar-refractivity contribution in [2.45, 2.75) is 51.2 Å². The van der Waals surface area contributed by atoms with Crippen LogP contribution in [0.1, 0.15) is 48.5 Å². The van der Waals surface area contributed by atoms with Gasteiger partial charge in [-0.25, -0.2) is 0 Å². The number of piperidine rings is 1. The van der Waals surface area contributed by atoms with Crippen LogP contribution in [0.5, 0.6) is 5.75 Å². The van der Waals surface area contributed by atoms with Gasteiger partial charge in [0.25, 0.3) is 0 Å². The Morgan fingerprint density at radius 3 is 2.35 bits per heavy atom. The predicted molar refractivity (Wildman–Crippen MR) is 103 cm³/mol. The number of benzene rings is 2. The Morgan fingerprint density at radius 2 is 1.65 bits per heavy atom. The van der Waals surface area contributed by atoms with Crippen molar-refractivity contribution in [1.29, 1.82) is 0 Å². The molecule has 3 nitrogen and oxygen atoms in total. The van der Waals surface area contributed by atoms with Crippen LogP contribution >= 0.6 is 0 Å². The van der Waals surface area contributed by atoms with Crippen LogP contribution in [-0.4, -0.2) is 29.4 Å². The van der Waals surface area contributed by atoms with Crippen LogP contribution in [0.4, 0.5) is 0 Å². The molecule has 0 saturated carbocycles. The number of carbonyl (C=O) groups is 1. The quantitative estimate of drug-likeness (QED) is 0.707. The number of nitrogens with zero attached hydrogens (tertiary/aromatic N) is 1. The molecule has 2 fully saturated rings. The van der Waals surface area contributed by atoms with E-state index in [0.29, 0.717) is 18.7 Å². The topological polar surface area (TPSA) is 29.5 Å². The molecule has 136 valence electrons. The van der Waals surface area contributed by atoms with E-state index in [2.05, 4.69) is 35.2 Å². The minimum absolute atomic E-state index is 0.126. The highest BCUT2D eigenvalue weighted by Gasteiger charge is 2.43. The second-order valence-electron chi connectivity index (χ2n) is 7.50. The summed E-state index contributed by atoms with van der Waals surface area (Å²) in [6.45, 7) is 3.56. The predicted octanol–water partition coefficient (Wildman–Crippen LogP) is 4.71. The summed E-state index contributed by atoms with van der Waals surface area (Å²) in [7, 11) is 0. The Hall–Kier alpha value is -2.13. The fourth-order valence-electron chi connectivity index (χ4n) is 4.71. The number of hydrogen-bond donors (Lipinski definition) is 0. The molecule has 0 radical (unpaired) electrons. The van der Waals surface area contributed by atoms with E-state index < -0.39 is 0 Å². The maximum atomic E-state index is 13.2. The Morgan fingerprint density at radius 1 is 1.00 bits per heavy atom. The van der Waals surface area contributed by atoms with Crippen LogP contribution in [0.2, 0.25) is 0 Å². The average molecular weight is 349 g/mol. The molecule has 0 aromatic heterocycles. The standard InChI is InChI=1S/C23H27NO2/c1-2-26-22-11-7-6-10-21(22)23(25)18-14-19-12-13-20(15-18)24(19)16-17-8-4-3-5-9-17/h3-11,18-20H,2,12-16H2,1H3. The van der Waals surface area contributed by atoms with E-state index in [4.69, 9.17) is 4.74 Å². The van der Waals surface area contributed by atoms with E-state index in [1.54, 1.807) is 0 Å². The zero-order valence-corrected chi connectivity index (χ0v) is 15.4. The van der Waals surface area contributed by atoms with Crippen molar-refractivity contribution >= 4 is 5.78 Å². The fourth-order valence-corrected chi connectivity index (χ4v) is 4.71. The highest BCUT2D eigenvalue weighted by molar-refractivity contribution is 6.00. The Balaban J connectivity index is 1.48. The largest absolute Gasteiger partial charge is 0.493 e. The monoisotopic (exact) mass is 349 g/mol. The minimum Gasteiger partial charge on any atom is -0.493 e. The molecule has 3 heteroatoms. The number of rotatable bonds is 6. The number of carbonyl (C=O) groups excluding carboxylic acids is 1. The lowest BCUT2D eigenvalue weighted by Crippen LogP contribution is -2.44. The third-order valence-electron chi connectivity index (χ3n) is 5.92. The SMILES string of the molecule is CCOc1ccccc1C(=O)C1CC2CCC(C1)N2Cc1ccccc1. The summed E-state index contributed by atoms with van der Waals surface area (Å²) in [5, 5.41) is 0. The average Bonchev–Trinajstić information content (AvgIpc) is 2.90. The van der Waals surface area contributed by atoms with Crippen molar-refractivity contribution in [3.05, 3.63) is 65.7 Å². The summed E-state index contributed by atoms with van der Waals surface area (Å²) in [4.78, 5) is 15.8. The molecule has 2 aromatic carbocycles. The zero-order chi connectivity index (χ0) is 17.9. The molecule has 0 spiro atoms. The molecule has 2 aliphatic rings. The normalized spacial score (nSPS) is 25.2. The molecule has 2 saturated heterocycles. The van der Waals surface area contributed by atoms with Gasteiger partial charge in [-0.1, -0.05) is 42.5 Å². The van der Waals surface area contributed by atoms with E-state index in [1.807, 2.05) is 31.2 Å². The lowest BCUT2D eigenvalue weighted by molar-refractivity contribution is 0.0675. The van der Waals surface area contributed by atoms with Crippen LogP contribution < -0.4 is 4.74 Å². The number of ketones is 1. The van der Waals surface area contributed by atoms with E-state index >= 15 is 0 Å². The molecule has 0 amide bonds. The van der Waals surface area contributed by atoms with Gasteiger partial charge in [0.05, 0.1) is 12.2 Å².